The van der Waals surface area contributed by atoms with Gasteiger partial charge in [-0.15, -0.1) is 0 Å². The van der Waals surface area contributed by atoms with E-state index in [2.05, 4.69) is 0 Å². The predicted octanol–water partition coefficient (Wildman–Crippen LogP) is 1.36. The van der Waals surface area contributed by atoms with Crippen LogP contribution in [-0.4, -0.2) is 35.5 Å². The van der Waals surface area contributed by atoms with E-state index < -0.39 is 12.1 Å². The number of aliphatic carboxylic acids is 1. The summed E-state index contributed by atoms with van der Waals surface area (Å²) in [6.45, 7) is 1.29. The van der Waals surface area contributed by atoms with E-state index in [1.807, 2.05) is 0 Å². The van der Waals surface area contributed by atoms with Crippen LogP contribution in [-0.2, 0) is 9.53 Å². The second-order valence-electron chi connectivity index (χ2n) is 4.26. The van der Waals surface area contributed by atoms with Gasteiger partial charge in [0.05, 0.1) is 6.10 Å². The predicted molar refractivity (Wildman–Crippen MR) is 63.5 cm³/mol. The first-order valence-corrected chi connectivity index (χ1v) is 5.92. The van der Waals surface area contributed by atoms with Crippen molar-refractivity contribution in [2.24, 2.45) is 0 Å². The van der Waals surface area contributed by atoms with Crippen molar-refractivity contribution in [3.05, 3.63) is 29.8 Å². The quantitative estimate of drug-likeness (QED) is 0.827. The summed E-state index contributed by atoms with van der Waals surface area (Å²) in [5, 5.41) is 18.0. The first kappa shape index (κ1) is 12.9. The number of carboxylic acids is 1. The van der Waals surface area contributed by atoms with Gasteiger partial charge >= 0.3 is 5.97 Å². The van der Waals surface area contributed by atoms with Crippen LogP contribution < -0.4 is 4.74 Å². The fourth-order valence-electron chi connectivity index (χ4n) is 1.85. The molecule has 0 spiro atoms. The number of carbonyl (C=O) groups is 1. The van der Waals surface area contributed by atoms with Gasteiger partial charge in [0.15, 0.2) is 6.10 Å². The van der Waals surface area contributed by atoms with Crippen LogP contribution in [0.3, 0.4) is 0 Å². The van der Waals surface area contributed by atoms with Gasteiger partial charge in [-0.1, -0.05) is 12.1 Å². The molecule has 0 amide bonds. The maximum atomic E-state index is 10.6. The van der Waals surface area contributed by atoms with Crippen molar-refractivity contribution in [1.29, 1.82) is 0 Å². The summed E-state index contributed by atoms with van der Waals surface area (Å²) >= 11 is 0. The summed E-state index contributed by atoms with van der Waals surface area (Å²) in [6.07, 6.45) is 0.736. The van der Waals surface area contributed by atoms with Crippen molar-refractivity contribution in [3.63, 3.8) is 0 Å². The number of benzene rings is 1. The minimum absolute atomic E-state index is 0.147. The third-order valence-corrected chi connectivity index (χ3v) is 2.89. The molecule has 0 aliphatic carbocycles. The van der Waals surface area contributed by atoms with E-state index in [9.17, 15) is 9.90 Å². The Hall–Kier alpha value is -1.59. The van der Waals surface area contributed by atoms with Crippen molar-refractivity contribution in [1.82, 2.24) is 0 Å². The normalized spacial score (nSPS) is 20.6. The Morgan fingerprint density at radius 1 is 1.44 bits per heavy atom. The van der Waals surface area contributed by atoms with Gasteiger partial charge in [-0.3, -0.25) is 0 Å². The summed E-state index contributed by atoms with van der Waals surface area (Å²) < 4.78 is 11.0. The monoisotopic (exact) mass is 252 g/mol. The van der Waals surface area contributed by atoms with Crippen LogP contribution >= 0.6 is 0 Å². The number of aliphatic hydroxyl groups is 1. The zero-order valence-electron chi connectivity index (χ0n) is 9.91. The van der Waals surface area contributed by atoms with Crippen molar-refractivity contribution >= 4 is 5.97 Å². The molecule has 0 saturated carbocycles. The van der Waals surface area contributed by atoms with Crippen molar-refractivity contribution in [2.45, 2.75) is 25.0 Å². The summed E-state index contributed by atoms with van der Waals surface area (Å²) in [5.41, 5.74) is 0.340. The standard InChI is InChI=1S/C13H16O5/c14-12(13(15)16)9-3-5-10(6-4-9)18-8-11-2-1-7-17-11/h3-6,11-12,14H,1-2,7-8H2,(H,15,16). The lowest BCUT2D eigenvalue weighted by Gasteiger charge is -2.12. The maximum Gasteiger partial charge on any atom is 0.337 e. The number of aliphatic hydroxyl groups excluding tert-OH is 1. The lowest BCUT2D eigenvalue weighted by molar-refractivity contribution is -0.146. The molecule has 2 rings (SSSR count). The third kappa shape index (κ3) is 3.21. The molecule has 18 heavy (non-hydrogen) atoms. The van der Waals surface area contributed by atoms with Crippen molar-refractivity contribution < 1.29 is 24.5 Å². The van der Waals surface area contributed by atoms with Crippen LogP contribution in [0.1, 0.15) is 24.5 Å². The van der Waals surface area contributed by atoms with Gasteiger partial charge in [0.25, 0.3) is 0 Å². The third-order valence-electron chi connectivity index (χ3n) is 2.89. The van der Waals surface area contributed by atoms with E-state index in [1.165, 1.54) is 0 Å². The van der Waals surface area contributed by atoms with E-state index in [-0.39, 0.29) is 6.10 Å². The minimum atomic E-state index is -1.49. The molecule has 1 saturated heterocycles. The van der Waals surface area contributed by atoms with E-state index in [0.717, 1.165) is 19.4 Å². The smallest absolute Gasteiger partial charge is 0.337 e. The molecule has 0 aromatic heterocycles. The molecule has 1 aliphatic rings. The van der Waals surface area contributed by atoms with Crippen LogP contribution in [0.4, 0.5) is 0 Å². The summed E-state index contributed by atoms with van der Waals surface area (Å²) in [4.78, 5) is 10.6. The number of ether oxygens (including phenoxy) is 2. The highest BCUT2D eigenvalue weighted by atomic mass is 16.5. The summed E-state index contributed by atoms with van der Waals surface area (Å²) in [7, 11) is 0. The van der Waals surface area contributed by atoms with Gasteiger partial charge in [-0.2, -0.15) is 0 Å². The van der Waals surface area contributed by atoms with E-state index >= 15 is 0 Å². The van der Waals surface area contributed by atoms with Crippen LogP contribution in [0, 0.1) is 0 Å². The second kappa shape index (κ2) is 5.84. The van der Waals surface area contributed by atoms with Gasteiger partial charge < -0.3 is 19.7 Å². The maximum absolute atomic E-state index is 10.6. The average molecular weight is 252 g/mol. The molecule has 2 N–H and O–H groups in total. The second-order valence-corrected chi connectivity index (χ2v) is 4.26. The number of carboxylic acid groups (broad SMARTS) is 1. The van der Waals surface area contributed by atoms with Crippen LogP contribution in [0.15, 0.2) is 24.3 Å². The Morgan fingerprint density at radius 3 is 2.72 bits per heavy atom. The first-order valence-electron chi connectivity index (χ1n) is 5.92. The average Bonchev–Trinajstić information content (AvgIpc) is 2.89. The number of hydrogen-bond acceptors (Lipinski definition) is 4. The highest BCUT2D eigenvalue weighted by molar-refractivity contribution is 5.74. The number of rotatable bonds is 5. The van der Waals surface area contributed by atoms with Crippen molar-refractivity contribution in [2.75, 3.05) is 13.2 Å². The minimum Gasteiger partial charge on any atom is -0.491 e. The molecule has 5 heteroatoms. The molecule has 0 radical (unpaired) electrons. The van der Waals surface area contributed by atoms with Gasteiger partial charge in [-0.05, 0) is 30.5 Å². The topological polar surface area (TPSA) is 76.0 Å². The Balaban J connectivity index is 1.88. The molecule has 1 aliphatic heterocycles. The molecule has 2 atom stereocenters. The highest BCUT2D eigenvalue weighted by Crippen LogP contribution is 2.19. The SMILES string of the molecule is O=C(O)C(O)c1ccc(OCC2CCCO2)cc1. The lowest BCUT2D eigenvalue weighted by Crippen LogP contribution is -2.16. The van der Waals surface area contributed by atoms with Gasteiger partial charge in [0.2, 0.25) is 0 Å². The number of hydrogen-bond donors (Lipinski definition) is 2. The van der Waals surface area contributed by atoms with Crippen LogP contribution in [0.2, 0.25) is 0 Å². The largest absolute Gasteiger partial charge is 0.491 e. The molecule has 1 heterocycles. The Kier molecular flexibility index (Phi) is 4.17. The van der Waals surface area contributed by atoms with Crippen molar-refractivity contribution in [3.8, 4) is 5.75 Å². The molecule has 5 nitrogen and oxygen atoms in total. The highest BCUT2D eigenvalue weighted by Gasteiger charge is 2.17. The lowest BCUT2D eigenvalue weighted by atomic mass is 10.1. The van der Waals surface area contributed by atoms with E-state index in [1.54, 1.807) is 24.3 Å². The zero-order chi connectivity index (χ0) is 13.0. The fraction of sp³-hybridized carbons (Fsp3) is 0.462. The van der Waals surface area contributed by atoms with E-state index in [4.69, 9.17) is 14.6 Å². The Bertz CT molecular complexity index is 394. The van der Waals surface area contributed by atoms with Crippen LogP contribution in [0.5, 0.6) is 5.75 Å². The zero-order valence-corrected chi connectivity index (χ0v) is 9.91. The first-order chi connectivity index (χ1) is 8.66. The molecule has 1 fully saturated rings. The van der Waals surface area contributed by atoms with Gasteiger partial charge in [0, 0.05) is 6.61 Å². The Morgan fingerprint density at radius 2 is 2.17 bits per heavy atom. The molecule has 1 aromatic rings. The molecule has 98 valence electrons. The molecule has 1 aromatic carbocycles. The molecule has 0 bridgehead atoms. The molecular formula is C13H16O5. The molecular weight excluding hydrogens is 236 g/mol. The van der Waals surface area contributed by atoms with E-state index in [0.29, 0.717) is 17.9 Å². The Labute approximate surface area is 105 Å². The summed E-state index contributed by atoms with van der Waals surface area (Å²) in [6, 6.07) is 6.39. The molecule has 2 unspecified atom stereocenters. The summed E-state index contributed by atoms with van der Waals surface area (Å²) in [5.74, 6) is -0.616. The van der Waals surface area contributed by atoms with Gasteiger partial charge in [-0.25, -0.2) is 4.79 Å². The van der Waals surface area contributed by atoms with Gasteiger partial charge in [0.1, 0.15) is 12.4 Å². The fourth-order valence-corrected chi connectivity index (χ4v) is 1.85. The van der Waals surface area contributed by atoms with Crippen LogP contribution in [0.25, 0.3) is 0 Å².